The van der Waals surface area contributed by atoms with Crippen LogP contribution in [0.15, 0.2) is 0 Å². The van der Waals surface area contributed by atoms with Gasteiger partial charge in [-0.15, -0.1) is 0 Å². The summed E-state index contributed by atoms with van der Waals surface area (Å²) in [7, 11) is -4.57. The molecule has 0 aromatic rings. The van der Waals surface area contributed by atoms with E-state index in [1.165, 1.54) is 0 Å². The van der Waals surface area contributed by atoms with E-state index in [0.717, 1.165) is 0 Å². The van der Waals surface area contributed by atoms with Crippen LogP contribution in [-0.2, 0) is 18.8 Å². The summed E-state index contributed by atoms with van der Waals surface area (Å²) >= 11 is 0. The van der Waals surface area contributed by atoms with E-state index in [1.54, 1.807) is 13.8 Å². The highest BCUT2D eigenvalue weighted by atomic mass is 32.8. The SMILES string of the molecule is CCCOP(=O)(CCC)S(=O)(=O)O. The molecule has 0 spiro atoms. The average molecular weight is 230 g/mol. The van der Waals surface area contributed by atoms with Gasteiger partial charge in [0, 0.05) is 6.16 Å². The molecule has 0 aromatic carbocycles. The molecule has 7 heteroatoms. The number of hydrogen-bond donors (Lipinski definition) is 1. The second-order valence-corrected chi connectivity index (χ2v) is 8.49. The van der Waals surface area contributed by atoms with Gasteiger partial charge in [-0.2, -0.15) is 8.42 Å². The summed E-state index contributed by atoms with van der Waals surface area (Å²) in [5.74, 6) is 0. The molecule has 0 aliphatic rings. The van der Waals surface area contributed by atoms with E-state index in [-0.39, 0.29) is 12.8 Å². The summed E-state index contributed by atoms with van der Waals surface area (Å²) in [5.41, 5.74) is 0. The lowest BCUT2D eigenvalue weighted by molar-refractivity contribution is 0.318. The molecule has 5 nitrogen and oxygen atoms in total. The Bertz CT molecular complexity index is 283. The summed E-state index contributed by atoms with van der Waals surface area (Å²) in [4.78, 5) is 0. The van der Waals surface area contributed by atoms with Gasteiger partial charge in [0.15, 0.2) is 0 Å². The van der Waals surface area contributed by atoms with Crippen molar-refractivity contribution in [3.8, 4) is 0 Å². The fourth-order valence-electron chi connectivity index (χ4n) is 0.751. The van der Waals surface area contributed by atoms with Crippen molar-refractivity contribution in [1.82, 2.24) is 0 Å². The van der Waals surface area contributed by atoms with Crippen molar-refractivity contribution in [1.29, 1.82) is 0 Å². The first-order chi connectivity index (χ1) is 5.87. The second kappa shape index (κ2) is 5.10. The van der Waals surface area contributed by atoms with Crippen molar-refractivity contribution in [3.05, 3.63) is 0 Å². The van der Waals surface area contributed by atoms with Gasteiger partial charge >= 0.3 is 16.3 Å². The summed E-state index contributed by atoms with van der Waals surface area (Å²) in [6.07, 6.45) is 0.815. The van der Waals surface area contributed by atoms with E-state index >= 15 is 0 Å². The normalized spacial score (nSPS) is 16.8. The standard InChI is InChI=1S/C6H15O5PS/c1-3-5-11-12(7,6-4-2)13(8,9)10/h3-6H2,1-2H3,(H,8,9,10). The van der Waals surface area contributed by atoms with Gasteiger partial charge < -0.3 is 4.52 Å². The highest BCUT2D eigenvalue weighted by molar-refractivity contribution is 8.48. The van der Waals surface area contributed by atoms with Crippen LogP contribution in [0.25, 0.3) is 0 Å². The topological polar surface area (TPSA) is 80.7 Å². The molecule has 13 heavy (non-hydrogen) atoms. The largest absolute Gasteiger partial charge is 0.341 e. The Balaban J connectivity index is 4.65. The maximum atomic E-state index is 11.5. The average Bonchev–Trinajstić information content (AvgIpc) is 1.99. The molecule has 0 aliphatic heterocycles. The second-order valence-electron chi connectivity index (χ2n) is 2.62. The first-order valence-corrected chi connectivity index (χ1v) is 7.94. The minimum atomic E-state index is -4.57. The van der Waals surface area contributed by atoms with E-state index < -0.39 is 16.3 Å². The number of rotatable bonds is 6. The third-order valence-electron chi connectivity index (χ3n) is 1.34. The van der Waals surface area contributed by atoms with E-state index in [9.17, 15) is 13.0 Å². The van der Waals surface area contributed by atoms with Crippen molar-refractivity contribution in [2.45, 2.75) is 26.7 Å². The Morgan fingerprint density at radius 1 is 1.31 bits per heavy atom. The molecule has 0 heterocycles. The van der Waals surface area contributed by atoms with Crippen LogP contribution in [0.3, 0.4) is 0 Å². The Morgan fingerprint density at radius 2 is 1.85 bits per heavy atom. The molecule has 0 rings (SSSR count). The van der Waals surface area contributed by atoms with Gasteiger partial charge in [0.1, 0.15) is 0 Å². The summed E-state index contributed by atoms with van der Waals surface area (Å²) in [5, 5.41) is 0. The van der Waals surface area contributed by atoms with E-state index in [1.807, 2.05) is 0 Å². The van der Waals surface area contributed by atoms with Crippen LogP contribution in [0.5, 0.6) is 0 Å². The Labute approximate surface area is 78.4 Å². The van der Waals surface area contributed by atoms with E-state index in [0.29, 0.717) is 12.8 Å². The third kappa shape index (κ3) is 3.77. The minimum Gasteiger partial charge on any atom is -0.316 e. The number of hydrogen-bond acceptors (Lipinski definition) is 4. The van der Waals surface area contributed by atoms with Crippen LogP contribution in [0, 0.1) is 0 Å². The predicted molar refractivity (Wildman–Crippen MR) is 50.6 cm³/mol. The molecule has 0 fully saturated rings. The van der Waals surface area contributed by atoms with Gasteiger partial charge in [-0.1, -0.05) is 13.8 Å². The van der Waals surface area contributed by atoms with Gasteiger partial charge in [0.05, 0.1) is 6.61 Å². The molecule has 1 unspecified atom stereocenters. The lowest BCUT2D eigenvalue weighted by atomic mass is 10.5. The summed E-state index contributed by atoms with van der Waals surface area (Å²) in [6, 6.07) is 0. The predicted octanol–water partition coefficient (Wildman–Crippen LogP) is 1.90. The quantitative estimate of drug-likeness (QED) is 0.556. The Morgan fingerprint density at radius 3 is 2.15 bits per heavy atom. The van der Waals surface area contributed by atoms with Gasteiger partial charge in [-0.25, -0.2) is 0 Å². The maximum absolute atomic E-state index is 11.5. The van der Waals surface area contributed by atoms with Crippen LogP contribution < -0.4 is 0 Å². The molecule has 0 radical (unpaired) electrons. The zero-order valence-electron chi connectivity index (χ0n) is 7.76. The lowest BCUT2D eigenvalue weighted by Crippen LogP contribution is -2.07. The molecule has 0 aromatic heterocycles. The fraction of sp³-hybridized carbons (Fsp3) is 1.00. The summed E-state index contributed by atoms with van der Waals surface area (Å²) < 4.78 is 46.3. The van der Waals surface area contributed by atoms with Crippen molar-refractivity contribution in [2.24, 2.45) is 0 Å². The van der Waals surface area contributed by atoms with Crippen LogP contribution in [0.1, 0.15) is 26.7 Å². The third-order valence-corrected chi connectivity index (χ3v) is 6.59. The highest BCUT2D eigenvalue weighted by Crippen LogP contribution is 2.53. The molecular weight excluding hydrogens is 215 g/mol. The van der Waals surface area contributed by atoms with Gasteiger partial charge in [-0.3, -0.25) is 9.12 Å². The van der Waals surface area contributed by atoms with Crippen LogP contribution in [0.4, 0.5) is 0 Å². The summed E-state index contributed by atoms with van der Waals surface area (Å²) in [6.45, 7) is -0.374. The molecule has 0 saturated heterocycles. The molecule has 1 N–H and O–H groups in total. The first kappa shape index (κ1) is 13.1. The molecular formula is C6H15O5PS. The van der Waals surface area contributed by atoms with Gasteiger partial charge in [0.2, 0.25) is 0 Å². The minimum absolute atomic E-state index is 0.0804. The van der Waals surface area contributed by atoms with Crippen molar-refractivity contribution in [2.75, 3.05) is 12.8 Å². The van der Waals surface area contributed by atoms with Crippen molar-refractivity contribution in [3.63, 3.8) is 0 Å². The molecule has 0 bridgehead atoms. The van der Waals surface area contributed by atoms with Crippen molar-refractivity contribution < 1.29 is 22.1 Å². The van der Waals surface area contributed by atoms with E-state index in [4.69, 9.17) is 9.08 Å². The monoisotopic (exact) mass is 230 g/mol. The molecule has 1 atom stereocenters. The molecule has 0 saturated carbocycles. The van der Waals surface area contributed by atoms with E-state index in [2.05, 4.69) is 0 Å². The van der Waals surface area contributed by atoms with Gasteiger partial charge in [-0.05, 0) is 12.8 Å². The molecule has 80 valence electrons. The molecule has 0 amide bonds. The lowest BCUT2D eigenvalue weighted by Gasteiger charge is -2.13. The smallest absolute Gasteiger partial charge is 0.316 e. The van der Waals surface area contributed by atoms with Crippen LogP contribution in [0.2, 0.25) is 0 Å². The molecule has 0 aliphatic carbocycles. The Kier molecular flexibility index (Phi) is 5.14. The zero-order valence-corrected chi connectivity index (χ0v) is 9.48. The zero-order chi connectivity index (χ0) is 10.5. The van der Waals surface area contributed by atoms with Crippen molar-refractivity contribution >= 4 is 16.3 Å². The highest BCUT2D eigenvalue weighted by Gasteiger charge is 2.36. The fourth-order valence-corrected chi connectivity index (χ4v) is 4.12. The van der Waals surface area contributed by atoms with Crippen LogP contribution in [-0.4, -0.2) is 25.7 Å². The van der Waals surface area contributed by atoms with Gasteiger partial charge in [0.25, 0.3) is 0 Å². The van der Waals surface area contributed by atoms with Crippen LogP contribution >= 0.6 is 6.57 Å². The first-order valence-electron chi connectivity index (χ1n) is 4.08. The Hall–Kier alpha value is 0.100. The maximum Gasteiger partial charge on any atom is 0.341 e.